The van der Waals surface area contributed by atoms with Gasteiger partial charge in [0.15, 0.2) is 6.10 Å². The van der Waals surface area contributed by atoms with E-state index in [-0.39, 0.29) is 5.69 Å². The summed E-state index contributed by atoms with van der Waals surface area (Å²) in [7, 11) is 0. The van der Waals surface area contributed by atoms with Crippen molar-refractivity contribution in [3.8, 4) is 0 Å². The van der Waals surface area contributed by atoms with Gasteiger partial charge in [0.1, 0.15) is 16.5 Å². The fourth-order valence-electron chi connectivity index (χ4n) is 1.52. The molecule has 1 heterocycles. The lowest BCUT2D eigenvalue weighted by Crippen LogP contribution is -2.30. The van der Waals surface area contributed by atoms with E-state index in [0.29, 0.717) is 4.88 Å². The van der Waals surface area contributed by atoms with E-state index in [1.54, 1.807) is 12.1 Å². The molecule has 1 amide bonds. The highest BCUT2D eigenvalue weighted by molar-refractivity contribution is 9.11. The number of anilines is 1. The van der Waals surface area contributed by atoms with Crippen LogP contribution in [0.1, 0.15) is 16.6 Å². The molecule has 0 saturated carbocycles. The molecule has 1 aromatic carbocycles. The smallest absolute Gasteiger partial charge is 0.349 e. The number of nitrogens with one attached hydrogen (secondary N) is 1. The maximum atomic E-state index is 13.4. The number of hydrogen-bond acceptors (Lipinski definition) is 4. The molecular formula is C14H10BrF2NO3S. The number of amides is 1. The van der Waals surface area contributed by atoms with Crippen LogP contribution in [-0.4, -0.2) is 18.0 Å². The quantitative estimate of drug-likeness (QED) is 0.804. The van der Waals surface area contributed by atoms with E-state index in [1.807, 2.05) is 0 Å². The number of rotatable bonds is 4. The van der Waals surface area contributed by atoms with Gasteiger partial charge in [-0.3, -0.25) is 4.79 Å². The average molecular weight is 390 g/mol. The monoisotopic (exact) mass is 389 g/mol. The standard InChI is InChI=1S/C14H10BrF2NO3S/c1-7(21-14(20)11-4-5-12(15)22-11)13(19)18-10-6-8(16)2-3-9(10)17/h2-7H,1H3,(H,18,19). The van der Waals surface area contributed by atoms with Crippen LogP contribution in [-0.2, 0) is 9.53 Å². The molecule has 1 atom stereocenters. The van der Waals surface area contributed by atoms with Gasteiger partial charge < -0.3 is 10.1 Å². The minimum absolute atomic E-state index is 0.313. The minimum Gasteiger partial charge on any atom is -0.448 e. The molecule has 8 heteroatoms. The van der Waals surface area contributed by atoms with Crippen LogP contribution in [0.5, 0.6) is 0 Å². The molecule has 0 fully saturated rings. The Bertz CT molecular complexity index is 720. The molecule has 22 heavy (non-hydrogen) atoms. The molecular weight excluding hydrogens is 380 g/mol. The molecule has 0 aliphatic rings. The summed E-state index contributed by atoms with van der Waals surface area (Å²) < 4.78 is 32.2. The molecule has 0 radical (unpaired) electrons. The van der Waals surface area contributed by atoms with Crippen molar-refractivity contribution >= 4 is 44.8 Å². The minimum atomic E-state index is -1.16. The molecule has 4 nitrogen and oxygen atoms in total. The zero-order valence-electron chi connectivity index (χ0n) is 11.2. The van der Waals surface area contributed by atoms with Gasteiger partial charge in [-0.15, -0.1) is 11.3 Å². The van der Waals surface area contributed by atoms with Crippen molar-refractivity contribution in [2.75, 3.05) is 5.32 Å². The zero-order chi connectivity index (χ0) is 16.3. The van der Waals surface area contributed by atoms with Gasteiger partial charge in [0, 0.05) is 6.07 Å². The Kier molecular flexibility index (Phi) is 5.25. The summed E-state index contributed by atoms with van der Waals surface area (Å²) in [5.41, 5.74) is -0.313. The summed E-state index contributed by atoms with van der Waals surface area (Å²) in [6, 6.07) is 5.90. The van der Waals surface area contributed by atoms with E-state index < -0.39 is 29.6 Å². The second-order valence-electron chi connectivity index (χ2n) is 4.26. The maximum absolute atomic E-state index is 13.4. The summed E-state index contributed by atoms with van der Waals surface area (Å²) in [5.74, 6) is -2.90. The van der Waals surface area contributed by atoms with Crippen LogP contribution < -0.4 is 5.32 Å². The number of hydrogen-bond donors (Lipinski definition) is 1. The van der Waals surface area contributed by atoms with Crippen LogP contribution in [0.2, 0.25) is 0 Å². The summed E-state index contributed by atoms with van der Waals surface area (Å²) in [5, 5.41) is 2.18. The predicted octanol–water partition coefficient (Wildman–Crippen LogP) is 3.97. The zero-order valence-corrected chi connectivity index (χ0v) is 13.6. The lowest BCUT2D eigenvalue weighted by molar-refractivity contribution is -0.123. The second-order valence-corrected chi connectivity index (χ2v) is 6.73. The van der Waals surface area contributed by atoms with Gasteiger partial charge in [0.2, 0.25) is 0 Å². The van der Waals surface area contributed by atoms with E-state index in [0.717, 1.165) is 33.3 Å². The molecule has 0 aliphatic carbocycles. The summed E-state index contributed by atoms with van der Waals surface area (Å²) in [6.45, 7) is 1.34. The Morgan fingerprint density at radius 2 is 2.00 bits per heavy atom. The number of halogens is 3. The Balaban J connectivity index is 2.00. The Morgan fingerprint density at radius 1 is 1.27 bits per heavy atom. The highest BCUT2D eigenvalue weighted by Crippen LogP contribution is 2.23. The van der Waals surface area contributed by atoms with Crippen LogP contribution in [0.3, 0.4) is 0 Å². The number of carbonyl (C=O) groups is 2. The van der Waals surface area contributed by atoms with Gasteiger partial charge in [0.05, 0.1) is 9.47 Å². The first-order chi connectivity index (χ1) is 10.4. The van der Waals surface area contributed by atoms with Gasteiger partial charge in [-0.05, 0) is 47.1 Å². The van der Waals surface area contributed by atoms with Crippen molar-refractivity contribution in [1.29, 1.82) is 0 Å². The molecule has 1 N–H and O–H groups in total. The van der Waals surface area contributed by atoms with Crippen molar-refractivity contribution in [3.63, 3.8) is 0 Å². The number of ether oxygens (including phenoxy) is 1. The summed E-state index contributed by atoms with van der Waals surface area (Å²) in [4.78, 5) is 24.0. The average Bonchev–Trinajstić information content (AvgIpc) is 2.89. The van der Waals surface area contributed by atoms with Crippen molar-refractivity contribution < 1.29 is 23.1 Å². The van der Waals surface area contributed by atoms with E-state index in [2.05, 4.69) is 21.2 Å². The molecule has 0 aliphatic heterocycles. The van der Waals surface area contributed by atoms with E-state index in [9.17, 15) is 18.4 Å². The fraction of sp³-hybridized carbons (Fsp3) is 0.143. The SMILES string of the molecule is CC(OC(=O)c1ccc(Br)s1)C(=O)Nc1cc(F)ccc1F. The molecule has 1 unspecified atom stereocenters. The molecule has 0 bridgehead atoms. The van der Waals surface area contributed by atoms with E-state index in [1.165, 1.54) is 6.92 Å². The van der Waals surface area contributed by atoms with Crippen LogP contribution in [0.4, 0.5) is 14.5 Å². The highest BCUT2D eigenvalue weighted by atomic mass is 79.9. The fourth-order valence-corrected chi connectivity index (χ4v) is 2.79. The molecule has 0 saturated heterocycles. The molecule has 0 spiro atoms. The Hall–Kier alpha value is -1.80. The number of esters is 1. The third-order valence-corrected chi connectivity index (χ3v) is 4.22. The Morgan fingerprint density at radius 3 is 2.64 bits per heavy atom. The first kappa shape index (κ1) is 16.6. The predicted molar refractivity (Wildman–Crippen MR) is 81.9 cm³/mol. The van der Waals surface area contributed by atoms with Crippen molar-refractivity contribution in [1.82, 2.24) is 0 Å². The van der Waals surface area contributed by atoms with Crippen LogP contribution in [0.15, 0.2) is 34.1 Å². The third kappa shape index (κ3) is 4.11. The van der Waals surface area contributed by atoms with Crippen LogP contribution in [0.25, 0.3) is 0 Å². The molecule has 2 rings (SSSR count). The number of carbonyl (C=O) groups excluding carboxylic acids is 2. The van der Waals surface area contributed by atoms with Gasteiger partial charge >= 0.3 is 5.97 Å². The van der Waals surface area contributed by atoms with Crippen molar-refractivity contribution in [2.45, 2.75) is 13.0 Å². The van der Waals surface area contributed by atoms with Crippen molar-refractivity contribution in [2.24, 2.45) is 0 Å². The lowest BCUT2D eigenvalue weighted by Gasteiger charge is -2.13. The molecule has 116 valence electrons. The molecule has 2 aromatic rings. The third-order valence-electron chi connectivity index (χ3n) is 2.61. The number of thiophene rings is 1. The van der Waals surface area contributed by atoms with E-state index >= 15 is 0 Å². The number of benzene rings is 1. The highest BCUT2D eigenvalue weighted by Gasteiger charge is 2.21. The first-order valence-electron chi connectivity index (χ1n) is 6.09. The topological polar surface area (TPSA) is 55.4 Å². The van der Waals surface area contributed by atoms with Gasteiger partial charge in [0.25, 0.3) is 5.91 Å². The first-order valence-corrected chi connectivity index (χ1v) is 7.70. The maximum Gasteiger partial charge on any atom is 0.349 e. The van der Waals surface area contributed by atoms with Crippen LogP contribution >= 0.6 is 27.3 Å². The normalized spacial score (nSPS) is 11.8. The lowest BCUT2D eigenvalue weighted by atomic mass is 10.2. The second kappa shape index (κ2) is 6.97. The van der Waals surface area contributed by atoms with Crippen molar-refractivity contribution in [3.05, 3.63) is 50.6 Å². The largest absolute Gasteiger partial charge is 0.448 e. The van der Waals surface area contributed by atoms with Crippen LogP contribution in [0, 0.1) is 11.6 Å². The van der Waals surface area contributed by atoms with Gasteiger partial charge in [-0.25, -0.2) is 13.6 Å². The Labute approximate surface area is 137 Å². The van der Waals surface area contributed by atoms with Gasteiger partial charge in [-0.2, -0.15) is 0 Å². The summed E-state index contributed by atoms with van der Waals surface area (Å²) in [6.07, 6.45) is -1.16. The molecule has 1 aromatic heterocycles. The van der Waals surface area contributed by atoms with Gasteiger partial charge in [-0.1, -0.05) is 0 Å². The van der Waals surface area contributed by atoms with E-state index in [4.69, 9.17) is 4.74 Å². The summed E-state index contributed by atoms with van der Waals surface area (Å²) >= 11 is 4.37.